The molecule has 0 aliphatic carbocycles. The fraction of sp³-hybridized carbons (Fsp3) is 0.500. The molecule has 1 aromatic rings. The SMILES string of the molecule is CC(C)CC(CO)NC(=O)c1c(F)cc(OC(F)F)cc1F. The van der Waals surface area contributed by atoms with Crippen molar-refractivity contribution in [2.24, 2.45) is 5.92 Å². The number of halogens is 4. The molecule has 0 saturated carbocycles. The Morgan fingerprint density at radius 2 is 1.82 bits per heavy atom. The second-order valence-electron chi connectivity index (χ2n) is 5.12. The molecule has 0 bridgehead atoms. The first-order valence-corrected chi connectivity index (χ1v) is 6.60. The molecule has 1 atom stereocenters. The Bertz CT molecular complexity index is 500. The number of ether oxygens (including phenoxy) is 1. The zero-order chi connectivity index (χ0) is 16.9. The Hall–Kier alpha value is -1.83. The highest BCUT2D eigenvalue weighted by Crippen LogP contribution is 2.22. The summed E-state index contributed by atoms with van der Waals surface area (Å²) in [6.07, 6.45) is 0.415. The Kier molecular flexibility index (Phi) is 6.61. The highest BCUT2D eigenvalue weighted by Gasteiger charge is 2.22. The van der Waals surface area contributed by atoms with Gasteiger partial charge in [-0.2, -0.15) is 8.78 Å². The lowest BCUT2D eigenvalue weighted by Crippen LogP contribution is -2.39. The number of rotatable bonds is 7. The van der Waals surface area contributed by atoms with Gasteiger partial charge in [-0.05, 0) is 12.3 Å². The van der Waals surface area contributed by atoms with Crippen molar-refractivity contribution in [3.8, 4) is 5.75 Å². The van der Waals surface area contributed by atoms with Crippen molar-refractivity contribution >= 4 is 5.91 Å². The third-order valence-electron chi connectivity index (χ3n) is 2.78. The molecule has 1 rings (SSSR count). The van der Waals surface area contributed by atoms with Gasteiger partial charge in [0, 0.05) is 12.1 Å². The second-order valence-corrected chi connectivity index (χ2v) is 5.12. The van der Waals surface area contributed by atoms with Crippen molar-refractivity contribution in [3.63, 3.8) is 0 Å². The Morgan fingerprint density at radius 1 is 1.27 bits per heavy atom. The van der Waals surface area contributed by atoms with Crippen molar-refractivity contribution in [2.45, 2.75) is 32.9 Å². The third-order valence-corrected chi connectivity index (χ3v) is 2.78. The van der Waals surface area contributed by atoms with E-state index >= 15 is 0 Å². The number of aliphatic hydroxyl groups is 1. The number of benzene rings is 1. The Labute approximate surface area is 125 Å². The molecule has 0 aromatic heterocycles. The number of hydrogen-bond donors (Lipinski definition) is 2. The molecule has 0 spiro atoms. The van der Waals surface area contributed by atoms with Crippen LogP contribution in [0, 0.1) is 17.6 Å². The van der Waals surface area contributed by atoms with Gasteiger partial charge in [-0.3, -0.25) is 4.79 Å². The number of carbonyl (C=O) groups is 1. The molecule has 8 heteroatoms. The summed E-state index contributed by atoms with van der Waals surface area (Å²) in [5, 5.41) is 11.4. The summed E-state index contributed by atoms with van der Waals surface area (Å²) in [5.41, 5.74) is -0.913. The van der Waals surface area contributed by atoms with Gasteiger partial charge in [-0.1, -0.05) is 13.8 Å². The minimum absolute atomic E-state index is 0.147. The molecule has 0 heterocycles. The van der Waals surface area contributed by atoms with Gasteiger partial charge in [0.1, 0.15) is 22.9 Å². The monoisotopic (exact) mass is 323 g/mol. The van der Waals surface area contributed by atoms with E-state index < -0.39 is 41.5 Å². The maximum Gasteiger partial charge on any atom is 0.387 e. The van der Waals surface area contributed by atoms with Crippen LogP contribution < -0.4 is 10.1 Å². The van der Waals surface area contributed by atoms with Crippen molar-refractivity contribution in [1.29, 1.82) is 0 Å². The number of alkyl halides is 2. The first-order chi connectivity index (χ1) is 10.2. The van der Waals surface area contributed by atoms with Gasteiger partial charge in [-0.25, -0.2) is 8.78 Å². The quantitative estimate of drug-likeness (QED) is 0.759. The van der Waals surface area contributed by atoms with Crippen LogP contribution in [0.3, 0.4) is 0 Å². The average molecular weight is 323 g/mol. The van der Waals surface area contributed by atoms with Crippen LogP contribution in [0.2, 0.25) is 0 Å². The van der Waals surface area contributed by atoms with Gasteiger partial charge >= 0.3 is 6.61 Å². The summed E-state index contributed by atoms with van der Waals surface area (Å²) in [5.74, 6) is -4.29. The first-order valence-electron chi connectivity index (χ1n) is 6.60. The van der Waals surface area contributed by atoms with Crippen molar-refractivity contribution in [1.82, 2.24) is 5.32 Å². The fourth-order valence-corrected chi connectivity index (χ4v) is 1.94. The number of carbonyl (C=O) groups excluding carboxylic acids is 1. The maximum atomic E-state index is 13.7. The standard InChI is InChI=1S/C14H17F4NO3/c1-7(2)3-8(6-20)19-13(21)12-10(15)4-9(5-11(12)16)22-14(17)18/h4-5,7-8,14,20H,3,6H2,1-2H3,(H,19,21). The lowest BCUT2D eigenvalue weighted by atomic mass is 10.0. The molecule has 124 valence electrons. The Morgan fingerprint density at radius 3 is 2.23 bits per heavy atom. The molecule has 1 aromatic carbocycles. The van der Waals surface area contributed by atoms with Gasteiger partial charge in [0.05, 0.1) is 12.6 Å². The van der Waals surface area contributed by atoms with E-state index in [2.05, 4.69) is 10.1 Å². The van der Waals surface area contributed by atoms with Gasteiger partial charge < -0.3 is 15.2 Å². The lowest BCUT2D eigenvalue weighted by Gasteiger charge is -2.18. The number of amides is 1. The normalized spacial score (nSPS) is 12.6. The van der Waals surface area contributed by atoms with Crippen molar-refractivity contribution < 1.29 is 32.2 Å². The molecular weight excluding hydrogens is 306 g/mol. The van der Waals surface area contributed by atoms with Crippen LogP contribution in [0.15, 0.2) is 12.1 Å². The van der Waals surface area contributed by atoms with Gasteiger partial charge in [0.25, 0.3) is 5.91 Å². The van der Waals surface area contributed by atoms with Crippen LogP contribution in [0.5, 0.6) is 5.75 Å². The van der Waals surface area contributed by atoms with Gasteiger partial charge in [-0.15, -0.1) is 0 Å². The molecule has 1 unspecified atom stereocenters. The molecular formula is C14H17F4NO3. The smallest absolute Gasteiger partial charge is 0.387 e. The summed E-state index contributed by atoms with van der Waals surface area (Å²) in [6.45, 7) is 0.0850. The van der Waals surface area contributed by atoms with Crippen LogP contribution in [0.1, 0.15) is 30.6 Å². The van der Waals surface area contributed by atoms with Crippen molar-refractivity contribution in [3.05, 3.63) is 29.3 Å². The lowest BCUT2D eigenvalue weighted by molar-refractivity contribution is -0.0501. The summed E-state index contributed by atoms with van der Waals surface area (Å²) in [7, 11) is 0. The predicted molar refractivity (Wildman–Crippen MR) is 70.8 cm³/mol. The zero-order valence-electron chi connectivity index (χ0n) is 12.1. The molecule has 1 amide bonds. The van der Waals surface area contributed by atoms with Gasteiger partial charge in [0.2, 0.25) is 0 Å². The predicted octanol–water partition coefficient (Wildman–Crippen LogP) is 2.70. The highest BCUT2D eigenvalue weighted by molar-refractivity contribution is 5.95. The number of aliphatic hydroxyl groups excluding tert-OH is 1. The molecule has 0 saturated heterocycles. The average Bonchev–Trinajstić information content (AvgIpc) is 2.35. The first kappa shape index (κ1) is 18.2. The maximum absolute atomic E-state index is 13.7. The summed E-state index contributed by atoms with van der Waals surface area (Å²) < 4.78 is 55.4. The van der Waals surface area contributed by atoms with Crippen LogP contribution in [-0.2, 0) is 0 Å². The Balaban J connectivity index is 2.93. The molecule has 0 fully saturated rings. The number of nitrogens with one attached hydrogen (secondary N) is 1. The van der Waals surface area contributed by atoms with E-state index in [-0.39, 0.29) is 12.5 Å². The topological polar surface area (TPSA) is 58.6 Å². The zero-order valence-corrected chi connectivity index (χ0v) is 12.1. The van der Waals surface area contributed by atoms with Crippen LogP contribution in [0.4, 0.5) is 17.6 Å². The summed E-state index contributed by atoms with van der Waals surface area (Å²) >= 11 is 0. The molecule has 0 aliphatic heterocycles. The van der Waals surface area contributed by atoms with E-state index in [1.165, 1.54) is 0 Å². The highest BCUT2D eigenvalue weighted by atomic mass is 19.3. The third kappa shape index (κ3) is 5.18. The van der Waals surface area contributed by atoms with Crippen molar-refractivity contribution in [2.75, 3.05) is 6.61 Å². The van der Waals surface area contributed by atoms with Crippen LogP contribution in [-0.4, -0.2) is 30.3 Å². The van der Waals surface area contributed by atoms with Crippen LogP contribution in [0.25, 0.3) is 0 Å². The molecule has 4 nitrogen and oxygen atoms in total. The second kappa shape index (κ2) is 7.98. The van der Waals surface area contributed by atoms with E-state index in [1.807, 2.05) is 13.8 Å². The fourth-order valence-electron chi connectivity index (χ4n) is 1.94. The van der Waals surface area contributed by atoms with E-state index in [1.54, 1.807) is 0 Å². The minimum Gasteiger partial charge on any atom is -0.435 e. The van der Waals surface area contributed by atoms with E-state index in [0.29, 0.717) is 18.6 Å². The largest absolute Gasteiger partial charge is 0.435 e. The summed E-state index contributed by atoms with van der Waals surface area (Å²) in [4.78, 5) is 11.9. The molecule has 22 heavy (non-hydrogen) atoms. The van der Waals surface area contributed by atoms with Gasteiger partial charge in [0.15, 0.2) is 0 Å². The number of hydrogen-bond acceptors (Lipinski definition) is 3. The van der Waals surface area contributed by atoms with E-state index in [9.17, 15) is 22.4 Å². The minimum atomic E-state index is -3.23. The summed E-state index contributed by atoms with van der Waals surface area (Å²) in [6, 6.07) is 0.337. The molecule has 0 aliphatic rings. The molecule has 2 N–H and O–H groups in total. The van der Waals surface area contributed by atoms with E-state index in [4.69, 9.17) is 5.11 Å². The van der Waals surface area contributed by atoms with E-state index in [0.717, 1.165) is 0 Å². The molecule has 0 radical (unpaired) electrons. The van der Waals surface area contributed by atoms with Crippen LogP contribution >= 0.6 is 0 Å².